The van der Waals surface area contributed by atoms with Crippen LogP contribution in [0.1, 0.15) is 30.5 Å². The van der Waals surface area contributed by atoms with Gasteiger partial charge in [0.2, 0.25) is 5.60 Å². The Balaban J connectivity index is 2.24. The zero-order valence-electron chi connectivity index (χ0n) is 16.9. The van der Waals surface area contributed by atoms with Crippen molar-refractivity contribution >= 4 is 45.0 Å². The third-order valence-electron chi connectivity index (χ3n) is 4.69. The number of hydrogen-bond acceptors (Lipinski definition) is 6. The molecule has 0 aliphatic carbocycles. The maximum Gasteiger partial charge on any atom is 0.340 e. The van der Waals surface area contributed by atoms with Crippen LogP contribution in [-0.2, 0) is 28.6 Å². The maximum atomic E-state index is 13.0. The van der Waals surface area contributed by atoms with Gasteiger partial charge in [0, 0.05) is 23.9 Å². The van der Waals surface area contributed by atoms with Crippen molar-refractivity contribution in [2.45, 2.75) is 26.4 Å². The molecular formula is C23H21BrO6. The summed E-state index contributed by atoms with van der Waals surface area (Å²) in [7, 11) is 0. The number of benzene rings is 2. The number of carbonyl (C=O) groups excluding carboxylic acids is 3. The first kappa shape index (κ1) is 21.8. The molecule has 2 aromatic carbocycles. The van der Waals surface area contributed by atoms with Crippen molar-refractivity contribution in [2.24, 2.45) is 0 Å². The Morgan fingerprint density at radius 2 is 1.40 bits per heavy atom. The summed E-state index contributed by atoms with van der Waals surface area (Å²) in [5.74, 6) is -1.64. The molecule has 7 heteroatoms. The van der Waals surface area contributed by atoms with Crippen LogP contribution in [0.15, 0.2) is 53.0 Å². The molecule has 0 radical (unpaired) electrons. The molecule has 0 aromatic heterocycles. The monoisotopic (exact) mass is 472 g/mol. The van der Waals surface area contributed by atoms with Gasteiger partial charge in [-0.05, 0) is 30.2 Å². The molecule has 30 heavy (non-hydrogen) atoms. The lowest BCUT2D eigenvalue weighted by Gasteiger charge is -2.30. The molecule has 1 aliphatic rings. The van der Waals surface area contributed by atoms with Crippen molar-refractivity contribution in [1.82, 2.24) is 0 Å². The van der Waals surface area contributed by atoms with E-state index in [2.05, 4.69) is 15.9 Å². The van der Waals surface area contributed by atoms with Gasteiger partial charge in [-0.2, -0.15) is 0 Å². The van der Waals surface area contributed by atoms with E-state index in [9.17, 15) is 14.4 Å². The van der Waals surface area contributed by atoms with Crippen molar-refractivity contribution in [1.29, 1.82) is 0 Å². The number of hydrogen-bond donors (Lipinski definition) is 0. The van der Waals surface area contributed by atoms with Crippen molar-refractivity contribution < 1.29 is 28.6 Å². The van der Waals surface area contributed by atoms with Gasteiger partial charge < -0.3 is 14.2 Å². The van der Waals surface area contributed by atoms with Gasteiger partial charge in [0.15, 0.2) is 0 Å². The molecule has 6 nitrogen and oxygen atoms in total. The highest BCUT2D eigenvalue weighted by Crippen LogP contribution is 2.45. The lowest BCUT2D eigenvalue weighted by atomic mass is 9.85. The molecule has 0 saturated carbocycles. The molecule has 156 valence electrons. The first-order chi connectivity index (χ1) is 14.2. The molecule has 0 fully saturated rings. The molecule has 0 amide bonds. The summed E-state index contributed by atoms with van der Waals surface area (Å²) in [5, 5.41) is 0. The summed E-state index contributed by atoms with van der Waals surface area (Å²) in [6.07, 6.45) is 0. The molecule has 1 heterocycles. The Kier molecular flexibility index (Phi) is 6.41. The molecule has 1 aliphatic heterocycles. The molecule has 2 aromatic rings. The zero-order chi connectivity index (χ0) is 21.9. The molecule has 0 N–H and O–H groups in total. The highest BCUT2D eigenvalue weighted by atomic mass is 79.9. The lowest BCUT2D eigenvalue weighted by molar-refractivity contribution is -0.167. The Hall–Kier alpha value is -2.93. The fourth-order valence-corrected chi connectivity index (χ4v) is 3.56. The number of esters is 3. The predicted molar refractivity (Wildman–Crippen MR) is 114 cm³/mol. The van der Waals surface area contributed by atoms with Crippen LogP contribution in [0.25, 0.3) is 11.1 Å². The Bertz CT molecular complexity index is 987. The van der Waals surface area contributed by atoms with Crippen LogP contribution in [0.5, 0.6) is 0 Å². The smallest absolute Gasteiger partial charge is 0.340 e. The van der Waals surface area contributed by atoms with Crippen LogP contribution >= 0.6 is 15.9 Å². The van der Waals surface area contributed by atoms with Gasteiger partial charge in [0.05, 0.1) is 5.57 Å². The van der Waals surface area contributed by atoms with E-state index < -0.39 is 23.5 Å². The minimum Gasteiger partial charge on any atom is -0.461 e. The standard InChI is InChI=1S/C23H21BrO6/c1-14-4-6-18(7-5-14)21-20(17-8-10-19(24)11-9-17)22(27)30-23(21,12-28-15(2)25)13-29-16(3)26/h4-11H,12-13H2,1-3H3. The summed E-state index contributed by atoms with van der Waals surface area (Å²) in [6, 6.07) is 14.8. The summed E-state index contributed by atoms with van der Waals surface area (Å²) in [4.78, 5) is 36.1. The van der Waals surface area contributed by atoms with Crippen molar-refractivity contribution in [3.8, 4) is 0 Å². The third kappa shape index (κ3) is 4.62. The van der Waals surface area contributed by atoms with E-state index >= 15 is 0 Å². The van der Waals surface area contributed by atoms with Crippen molar-refractivity contribution in [3.63, 3.8) is 0 Å². The van der Waals surface area contributed by atoms with Crippen LogP contribution in [-0.4, -0.2) is 36.7 Å². The van der Waals surface area contributed by atoms with Crippen LogP contribution in [0.4, 0.5) is 0 Å². The zero-order valence-corrected chi connectivity index (χ0v) is 18.4. The number of rotatable bonds is 6. The molecule has 0 atom stereocenters. The topological polar surface area (TPSA) is 78.9 Å². The largest absolute Gasteiger partial charge is 0.461 e. The first-order valence-electron chi connectivity index (χ1n) is 9.30. The van der Waals surface area contributed by atoms with Crippen molar-refractivity contribution in [3.05, 3.63) is 69.7 Å². The van der Waals surface area contributed by atoms with Gasteiger partial charge in [0.1, 0.15) is 13.2 Å². The predicted octanol–water partition coefficient (Wildman–Crippen LogP) is 4.09. The summed E-state index contributed by atoms with van der Waals surface area (Å²) >= 11 is 3.39. The van der Waals surface area contributed by atoms with Crippen LogP contribution in [0, 0.1) is 6.92 Å². The van der Waals surface area contributed by atoms with Gasteiger partial charge in [0.25, 0.3) is 0 Å². The number of ether oxygens (including phenoxy) is 3. The maximum absolute atomic E-state index is 13.0. The minimum atomic E-state index is -1.45. The van der Waals surface area contributed by atoms with Crippen LogP contribution in [0.2, 0.25) is 0 Å². The average molecular weight is 473 g/mol. The fourth-order valence-electron chi connectivity index (χ4n) is 3.30. The van der Waals surface area contributed by atoms with Crippen molar-refractivity contribution in [2.75, 3.05) is 13.2 Å². The molecule has 0 spiro atoms. The van der Waals surface area contributed by atoms with Gasteiger partial charge >= 0.3 is 17.9 Å². The Labute approximate surface area is 183 Å². The van der Waals surface area contributed by atoms with Crippen LogP contribution < -0.4 is 0 Å². The SMILES string of the molecule is CC(=O)OCC1(COC(C)=O)OC(=O)C(c2ccc(Br)cc2)=C1c1ccc(C)cc1. The molecule has 0 saturated heterocycles. The lowest BCUT2D eigenvalue weighted by Crippen LogP contribution is -2.43. The minimum absolute atomic E-state index is 0.273. The normalized spacial score (nSPS) is 15.0. The van der Waals surface area contributed by atoms with E-state index in [4.69, 9.17) is 14.2 Å². The number of aryl methyl sites for hydroxylation is 1. The quantitative estimate of drug-likeness (QED) is 0.465. The second-order valence-electron chi connectivity index (χ2n) is 7.07. The molecular weight excluding hydrogens is 452 g/mol. The average Bonchev–Trinajstić information content (AvgIpc) is 2.99. The molecule has 0 bridgehead atoms. The summed E-state index contributed by atoms with van der Waals surface area (Å²) in [5.41, 5.74) is 1.80. The van der Waals surface area contributed by atoms with E-state index in [0.29, 0.717) is 22.3 Å². The number of cyclic esters (lactones) is 1. The summed E-state index contributed by atoms with van der Waals surface area (Å²) in [6.45, 7) is 3.94. The Morgan fingerprint density at radius 3 is 1.90 bits per heavy atom. The van der Waals surface area contributed by atoms with E-state index in [-0.39, 0.29) is 13.2 Å². The highest BCUT2D eigenvalue weighted by Gasteiger charge is 2.50. The van der Waals surface area contributed by atoms with Gasteiger partial charge in [-0.25, -0.2) is 4.79 Å². The summed E-state index contributed by atoms with van der Waals surface area (Å²) < 4.78 is 17.1. The second-order valence-corrected chi connectivity index (χ2v) is 7.98. The molecule has 0 unspecified atom stereocenters. The van der Waals surface area contributed by atoms with Gasteiger partial charge in [-0.1, -0.05) is 57.9 Å². The second kappa shape index (κ2) is 8.83. The number of carbonyl (C=O) groups is 3. The van der Waals surface area contributed by atoms with E-state index in [1.54, 1.807) is 12.1 Å². The Morgan fingerprint density at radius 1 is 0.900 bits per heavy atom. The van der Waals surface area contributed by atoms with Gasteiger partial charge in [-0.3, -0.25) is 9.59 Å². The van der Waals surface area contributed by atoms with E-state index in [1.165, 1.54) is 13.8 Å². The fraction of sp³-hybridized carbons (Fsp3) is 0.261. The van der Waals surface area contributed by atoms with Crippen LogP contribution in [0.3, 0.4) is 0 Å². The number of halogens is 1. The highest BCUT2D eigenvalue weighted by molar-refractivity contribution is 9.10. The third-order valence-corrected chi connectivity index (χ3v) is 5.22. The van der Waals surface area contributed by atoms with E-state index in [1.807, 2.05) is 43.3 Å². The molecule has 3 rings (SSSR count). The van der Waals surface area contributed by atoms with E-state index in [0.717, 1.165) is 10.0 Å². The first-order valence-corrected chi connectivity index (χ1v) is 10.1. The van der Waals surface area contributed by atoms with Gasteiger partial charge in [-0.15, -0.1) is 0 Å².